The van der Waals surface area contributed by atoms with E-state index in [1.807, 2.05) is 31.2 Å². The third-order valence-electron chi connectivity index (χ3n) is 5.29. The first kappa shape index (κ1) is 22.8. The van der Waals surface area contributed by atoms with Crippen LogP contribution in [0.25, 0.3) is 10.2 Å². The molecule has 1 aliphatic heterocycles. The molecule has 7 nitrogen and oxygen atoms in total. The van der Waals surface area contributed by atoms with Crippen LogP contribution in [0.5, 0.6) is 11.5 Å². The van der Waals surface area contributed by atoms with Gasteiger partial charge in [-0.3, -0.25) is 14.6 Å². The maximum atomic E-state index is 13.3. The van der Waals surface area contributed by atoms with Crippen molar-refractivity contribution in [1.29, 1.82) is 0 Å². The summed E-state index contributed by atoms with van der Waals surface area (Å²) in [5, 5.41) is 1.17. The number of halogens is 1. The Labute approximate surface area is 196 Å². The molecule has 0 aliphatic carbocycles. The van der Waals surface area contributed by atoms with Gasteiger partial charge in [-0.2, -0.15) is 0 Å². The van der Waals surface area contributed by atoms with E-state index >= 15 is 0 Å². The van der Waals surface area contributed by atoms with Gasteiger partial charge in [0, 0.05) is 26.2 Å². The summed E-state index contributed by atoms with van der Waals surface area (Å²) in [6.45, 7) is 6.24. The summed E-state index contributed by atoms with van der Waals surface area (Å²) in [5.74, 6) is 1.14. The molecule has 1 aliphatic rings. The summed E-state index contributed by atoms with van der Waals surface area (Å²) in [7, 11) is 1.60. The summed E-state index contributed by atoms with van der Waals surface area (Å²) >= 11 is 7.79. The Hall–Kier alpha value is -2.39. The number of aromatic nitrogens is 1. The first-order valence-electron chi connectivity index (χ1n) is 10.5. The number of hydrogen-bond donors (Lipinski definition) is 0. The van der Waals surface area contributed by atoms with Crippen LogP contribution in [0.2, 0.25) is 5.02 Å². The molecule has 3 aromatic rings. The van der Waals surface area contributed by atoms with E-state index in [2.05, 4.69) is 4.90 Å². The molecule has 1 saturated heterocycles. The van der Waals surface area contributed by atoms with Gasteiger partial charge in [0.05, 0.1) is 30.0 Å². The number of methoxy groups -OCH3 is 1. The third-order valence-corrected chi connectivity index (χ3v) is 6.83. The van der Waals surface area contributed by atoms with E-state index in [1.165, 1.54) is 11.3 Å². The van der Waals surface area contributed by atoms with E-state index in [0.29, 0.717) is 46.9 Å². The van der Waals surface area contributed by atoms with Crippen LogP contribution < -0.4 is 14.4 Å². The molecule has 0 atom stereocenters. The van der Waals surface area contributed by atoms with Crippen molar-refractivity contribution in [2.75, 3.05) is 58.0 Å². The highest BCUT2D eigenvalue weighted by molar-refractivity contribution is 7.23. The highest BCUT2D eigenvalue weighted by Gasteiger charge is 2.24. The molecule has 9 heteroatoms. The largest absolute Gasteiger partial charge is 0.494 e. The molecular weight excluding hydrogens is 450 g/mol. The molecule has 32 heavy (non-hydrogen) atoms. The van der Waals surface area contributed by atoms with E-state index < -0.39 is 0 Å². The van der Waals surface area contributed by atoms with Crippen LogP contribution in [0.4, 0.5) is 5.13 Å². The Balaban J connectivity index is 1.57. The van der Waals surface area contributed by atoms with Crippen molar-refractivity contribution < 1.29 is 19.0 Å². The van der Waals surface area contributed by atoms with Crippen molar-refractivity contribution in [3.63, 3.8) is 0 Å². The smallest absolute Gasteiger partial charge is 0.266 e. The van der Waals surface area contributed by atoms with Gasteiger partial charge in [-0.05, 0) is 36.8 Å². The molecule has 4 rings (SSSR count). The minimum atomic E-state index is -0.158. The van der Waals surface area contributed by atoms with Gasteiger partial charge in [0.25, 0.3) is 5.91 Å². The average molecular weight is 476 g/mol. The van der Waals surface area contributed by atoms with Crippen molar-refractivity contribution in [3.8, 4) is 11.5 Å². The van der Waals surface area contributed by atoms with Gasteiger partial charge in [-0.25, -0.2) is 4.98 Å². The van der Waals surface area contributed by atoms with Crippen LogP contribution in [0.3, 0.4) is 0 Å². The number of anilines is 1. The molecule has 0 bridgehead atoms. The van der Waals surface area contributed by atoms with Gasteiger partial charge >= 0.3 is 0 Å². The number of rotatable bonds is 8. The van der Waals surface area contributed by atoms with Gasteiger partial charge in [0.2, 0.25) is 0 Å². The zero-order valence-corrected chi connectivity index (χ0v) is 19.7. The lowest BCUT2D eigenvalue weighted by Crippen LogP contribution is -2.44. The fourth-order valence-corrected chi connectivity index (χ4v) is 4.84. The number of carbonyl (C=O) groups is 1. The predicted octanol–water partition coefficient (Wildman–Crippen LogP) is 4.01. The fourth-order valence-electron chi connectivity index (χ4n) is 3.54. The zero-order chi connectivity index (χ0) is 22.5. The van der Waals surface area contributed by atoms with E-state index in [-0.39, 0.29) is 12.5 Å². The molecule has 0 spiro atoms. The van der Waals surface area contributed by atoms with Crippen LogP contribution in [-0.2, 0) is 9.53 Å². The van der Waals surface area contributed by atoms with Gasteiger partial charge in [-0.15, -0.1) is 0 Å². The number of aryl methyl sites for hydroxylation is 1. The van der Waals surface area contributed by atoms with Crippen LogP contribution >= 0.6 is 22.9 Å². The highest BCUT2D eigenvalue weighted by Crippen LogP contribution is 2.38. The minimum absolute atomic E-state index is 0.0760. The first-order valence-corrected chi connectivity index (χ1v) is 11.7. The Kier molecular flexibility index (Phi) is 7.47. The zero-order valence-electron chi connectivity index (χ0n) is 18.2. The second-order valence-corrected chi connectivity index (χ2v) is 8.91. The van der Waals surface area contributed by atoms with Crippen molar-refractivity contribution in [3.05, 3.63) is 47.0 Å². The molecule has 1 amide bonds. The van der Waals surface area contributed by atoms with Gasteiger partial charge < -0.3 is 14.2 Å². The van der Waals surface area contributed by atoms with Crippen LogP contribution in [0.15, 0.2) is 36.4 Å². The van der Waals surface area contributed by atoms with E-state index in [9.17, 15) is 4.79 Å². The Morgan fingerprint density at radius 1 is 1.28 bits per heavy atom. The number of ether oxygens (including phenoxy) is 3. The van der Waals surface area contributed by atoms with E-state index in [1.54, 1.807) is 24.1 Å². The molecule has 2 heterocycles. The van der Waals surface area contributed by atoms with Crippen molar-refractivity contribution in [2.45, 2.75) is 6.92 Å². The number of benzene rings is 2. The Morgan fingerprint density at radius 2 is 2.09 bits per heavy atom. The van der Waals surface area contributed by atoms with Gasteiger partial charge in [-0.1, -0.05) is 35.1 Å². The molecule has 0 unspecified atom stereocenters. The second-order valence-electron chi connectivity index (χ2n) is 7.53. The summed E-state index contributed by atoms with van der Waals surface area (Å²) in [5.41, 5.74) is 1.73. The third kappa shape index (κ3) is 5.32. The predicted molar refractivity (Wildman–Crippen MR) is 127 cm³/mol. The molecular formula is C23H26ClN3O4S. The molecule has 2 aromatic carbocycles. The van der Waals surface area contributed by atoms with Crippen LogP contribution in [0.1, 0.15) is 5.56 Å². The SMILES string of the molecule is COc1ccc(Cl)c2sc(N(CCN3CCOCC3)C(=O)COc3cccc(C)c3)nc12. The maximum absolute atomic E-state index is 13.3. The number of carbonyl (C=O) groups excluding carboxylic acids is 1. The van der Waals surface area contributed by atoms with Crippen molar-refractivity contribution >= 4 is 44.2 Å². The molecule has 0 saturated carbocycles. The highest BCUT2D eigenvalue weighted by atomic mass is 35.5. The van der Waals surface area contributed by atoms with Gasteiger partial charge in [0.1, 0.15) is 17.0 Å². The molecule has 1 fully saturated rings. The molecule has 170 valence electrons. The lowest BCUT2D eigenvalue weighted by molar-refractivity contribution is -0.120. The summed E-state index contributed by atoms with van der Waals surface area (Å²) in [4.78, 5) is 21.9. The summed E-state index contributed by atoms with van der Waals surface area (Å²) in [6.07, 6.45) is 0. The summed E-state index contributed by atoms with van der Waals surface area (Å²) in [6, 6.07) is 11.2. The molecule has 0 radical (unpaired) electrons. The van der Waals surface area contributed by atoms with Crippen LogP contribution in [-0.4, -0.2) is 68.9 Å². The number of nitrogens with zero attached hydrogens (tertiary/aromatic N) is 3. The van der Waals surface area contributed by atoms with E-state index in [0.717, 1.165) is 29.9 Å². The van der Waals surface area contributed by atoms with Crippen LogP contribution in [0, 0.1) is 6.92 Å². The lowest BCUT2D eigenvalue weighted by Gasteiger charge is -2.29. The number of thiazole rings is 1. The quantitative estimate of drug-likeness (QED) is 0.490. The maximum Gasteiger partial charge on any atom is 0.266 e. The van der Waals surface area contributed by atoms with Crippen molar-refractivity contribution in [2.24, 2.45) is 0 Å². The molecule has 0 N–H and O–H groups in total. The van der Waals surface area contributed by atoms with Gasteiger partial charge in [0.15, 0.2) is 11.7 Å². The second kappa shape index (κ2) is 10.5. The monoisotopic (exact) mass is 475 g/mol. The number of fused-ring (bicyclic) bond motifs is 1. The number of hydrogen-bond acceptors (Lipinski definition) is 7. The minimum Gasteiger partial charge on any atom is -0.494 e. The fraction of sp³-hybridized carbons (Fsp3) is 0.391. The number of amides is 1. The average Bonchev–Trinajstić information content (AvgIpc) is 3.25. The standard InChI is InChI=1S/C23H26ClN3O4S/c1-16-4-3-5-17(14-16)31-15-20(28)27(9-8-26-10-12-30-13-11-26)23-25-21-19(29-2)7-6-18(24)22(21)32-23/h3-7,14H,8-13,15H2,1-2H3. The van der Waals surface area contributed by atoms with E-state index in [4.69, 9.17) is 30.8 Å². The normalized spacial score (nSPS) is 14.5. The summed E-state index contributed by atoms with van der Waals surface area (Å²) < 4.78 is 17.5. The number of morpholine rings is 1. The first-order chi connectivity index (χ1) is 15.5. The Bertz CT molecular complexity index is 1080. The lowest BCUT2D eigenvalue weighted by atomic mass is 10.2. The van der Waals surface area contributed by atoms with Crippen molar-refractivity contribution in [1.82, 2.24) is 9.88 Å². The Morgan fingerprint density at radius 3 is 2.84 bits per heavy atom. The topological polar surface area (TPSA) is 64.1 Å². The molecule has 1 aromatic heterocycles.